The summed E-state index contributed by atoms with van der Waals surface area (Å²) in [4.78, 5) is 73.0. The number of allylic oxidation sites excluding steroid dienone is 30. The van der Waals surface area contributed by atoms with Crippen molar-refractivity contribution in [3.05, 3.63) is 182 Å². The molecule has 0 bridgehead atoms. The largest absolute Gasteiger partial charge is 0.472 e. The van der Waals surface area contributed by atoms with E-state index in [1.165, 1.54) is 0 Å². The number of carbonyl (C=O) groups excluding carboxylic acids is 4. The van der Waals surface area contributed by atoms with Gasteiger partial charge in [0.1, 0.15) is 19.3 Å². The standard InChI is InChI=1S/C85H136O17P2/c1-5-9-13-17-21-25-29-33-37-39-43-46-50-54-58-62-66-70-83(88)96-76-81(102-85(90)72-68-64-60-56-52-48-44-40-38-34-30-26-22-18-14-10-6-2)78-100-104(93,94)98-74-79(86)73-97-103(91,92)99-77-80(101-84(89)71-67-63-59-55-51-47-42-36-32-28-24-20-16-12-8-4)75-95-82(87)69-65-61-57-53-49-45-41-35-31-27-23-19-15-11-7-3/h9-16,21-28,33-38,41-43,46,49,51,53,55,79-81,86H,5-8,17-20,29-32,39-40,44-45,47-48,50,52,54,56-78H2,1-4H3,(H,91,92)(H,93,94)/b13-9-,14-10-,15-11-,16-12-,25-21-,26-22-,27-23-,28-24-,37-33-,38-34-,41-35-,42-36-,46-43-,53-49-,55-51-. The Bertz CT molecular complexity index is 2690. The van der Waals surface area contributed by atoms with E-state index in [0.29, 0.717) is 32.1 Å². The molecule has 0 aliphatic carbocycles. The van der Waals surface area contributed by atoms with Gasteiger partial charge >= 0.3 is 39.5 Å². The van der Waals surface area contributed by atoms with Gasteiger partial charge in [-0.1, -0.05) is 255 Å². The Morgan fingerprint density at radius 2 is 0.471 bits per heavy atom. The maximum atomic E-state index is 13.1. The van der Waals surface area contributed by atoms with E-state index in [-0.39, 0.29) is 25.7 Å². The highest BCUT2D eigenvalue weighted by atomic mass is 31.2. The molecule has 17 nitrogen and oxygen atoms in total. The molecule has 104 heavy (non-hydrogen) atoms. The molecule has 0 spiro atoms. The van der Waals surface area contributed by atoms with Crippen molar-refractivity contribution in [3.8, 4) is 0 Å². The molecular formula is C85H136O17P2. The fourth-order valence-corrected chi connectivity index (χ4v) is 11.1. The van der Waals surface area contributed by atoms with Crippen molar-refractivity contribution in [2.24, 2.45) is 0 Å². The number of unbranched alkanes of at least 4 members (excludes halogenated alkanes) is 15. The van der Waals surface area contributed by atoms with Crippen LogP contribution in [-0.4, -0.2) is 96.7 Å². The van der Waals surface area contributed by atoms with Crippen molar-refractivity contribution in [1.82, 2.24) is 0 Å². The fraction of sp³-hybridized carbons (Fsp3) is 0.600. The van der Waals surface area contributed by atoms with Crippen molar-refractivity contribution in [2.45, 2.75) is 290 Å². The Labute approximate surface area is 628 Å². The predicted molar refractivity (Wildman–Crippen MR) is 426 cm³/mol. The van der Waals surface area contributed by atoms with Gasteiger partial charge < -0.3 is 33.8 Å². The molecule has 0 aliphatic heterocycles. The number of aliphatic hydroxyl groups is 1. The Morgan fingerprint density at radius 3 is 0.740 bits per heavy atom. The molecule has 0 aromatic rings. The van der Waals surface area contributed by atoms with Gasteiger partial charge in [-0.2, -0.15) is 0 Å². The van der Waals surface area contributed by atoms with E-state index in [9.17, 15) is 43.2 Å². The van der Waals surface area contributed by atoms with Crippen molar-refractivity contribution in [3.63, 3.8) is 0 Å². The van der Waals surface area contributed by atoms with Crippen LogP contribution < -0.4 is 0 Å². The number of phosphoric acid groups is 2. The Balaban J connectivity index is 5.49. The summed E-state index contributed by atoms with van der Waals surface area (Å²) in [6.45, 7) is 4.26. The molecule has 0 heterocycles. The molecule has 0 aliphatic rings. The third kappa shape index (κ3) is 74.4. The normalized spacial score (nSPS) is 14.9. The maximum absolute atomic E-state index is 13.1. The van der Waals surface area contributed by atoms with Gasteiger partial charge in [0.15, 0.2) is 12.2 Å². The highest BCUT2D eigenvalue weighted by Gasteiger charge is 2.30. The summed E-state index contributed by atoms with van der Waals surface area (Å²) in [5, 5.41) is 10.6. The van der Waals surface area contributed by atoms with Gasteiger partial charge in [0, 0.05) is 25.7 Å². The maximum Gasteiger partial charge on any atom is 0.472 e. The lowest BCUT2D eigenvalue weighted by molar-refractivity contribution is -0.161. The number of hydrogen-bond donors (Lipinski definition) is 3. The summed E-state index contributed by atoms with van der Waals surface area (Å²) in [5.41, 5.74) is 0. The Kier molecular flexibility index (Phi) is 71.2. The van der Waals surface area contributed by atoms with E-state index >= 15 is 0 Å². The highest BCUT2D eigenvalue weighted by molar-refractivity contribution is 7.47. The SMILES string of the molecule is CC/C=C\C/C=C\C/C=C\C/C=C\CCCCCCC(=O)OCC(COP(=O)(O)OCC(O)COP(=O)(O)OCC(COC(=O)CCCC/C=C\C/C=C\C/C=C\C/C=C\CC)OC(=O)CCCC/C=C\C/C=C\C/C=C\C/C=C\CC)OC(=O)CCCCCCCCC/C=C\C/C=C\C/C=C\CC. The van der Waals surface area contributed by atoms with Crippen LogP contribution >= 0.6 is 15.6 Å². The summed E-state index contributed by atoms with van der Waals surface area (Å²) in [6.07, 6.45) is 90.3. The summed E-state index contributed by atoms with van der Waals surface area (Å²) in [6, 6.07) is 0. The number of hydrogen-bond acceptors (Lipinski definition) is 15. The highest BCUT2D eigenvalue weighted by Crippen LogP contribution is 2.45. The van der Waals surface area contributed by atoms with E-state index in [2.05, 4.69) is 210 Å². The zero-order valence-electron chi connectivity index (χ0n) is 64.1. The van der Waals surface area contributed by atoms with Crippen LogP contribution in [0.2, 0.25) is 0 Å². The van der Waals surface area contributed by atoms with Crippen LogP contribution in [0.1, 0.15) is 272 Å². The van der Waals surface area contributed by atoms with Crippen LogP contribution in [0.5, 0.6) is 0 Å². The molecule has 0 fully saturated rings. The third-order valence-corrected chi connectivity index (χ3v) is 17.3. The average Bonchev–Trinajstić information content (AvgIpc) is 0.926. The minimum Gasteiger partial charge on any atom is -0.462 e. The van der Waals surface area contributed by atoms with Crippen LogP contribution in [0.15, 0.2) is 182 Å². The average molecular weight is 1490 g/mol. The Hall–Kier alpha value is -5.84. The molecule has 5 atom stereocenters. The second-order valence-electron chi connectivity index (χ2n) is 25.1. The predicted octanol–water partition coefficient (Wildman–Crippen LogP) is 22.8. The van der Waals surface area contributed by atoms with Gasteiger partial charge in [0.25, 0.3) is 0 Å². The molecule has 0 aromatic carbocycles. The molecule has 0 radical (unpaired) electrons. The molecule has 0 amide bonds. The van der Waals surface area contributed by atoms with Gasteiger partial charge in [-0.15, -0.1) is 0 Å². The number of aliphatic hydroxyl groups excluding tert-OH is 1. The van der Waals surface area contributed by atoms with E-state index in [1.807, 2.05) is 0 Å². The van der Waals surface area contributed by atoms with Crippen LogP contribution in [0.4, 0.5) is 0 Å². The third-order valence-electron chi connectivity index (χ3n) is 15.4. The zero-order chi connectivity index (χ0) is 76.0. The van der Waals surface area contributed by atoms with Crippen LogP contribution in [0.25, 0.3) is 0 Å². The molecular weight excluding hydrogens is 1350 g/mol. The molecule has 19 heteroatoms. The Morgan fingerprint density at radius 1 is 0.269 bits per heavy atom. The first-order valence-electron chi connectivity index (χ1n) is 39.0. The van der Waals surface area contributed by atoms with E-state index < -0.39 is 97.5 Å². The van der Waals surface area contributed by atoms with E-state index in [1.54, 1.807) is 0 Å². The van der Waals surface area contributed by atoms with Crippen molar-refractivity contribution >= 4 is 39.5 Å². The first kappa shape index (κ1) is 98.2. The van der Waals surface area contributed by atoms with Crippen LogP contribution in [0.3, 0.4) is 0 Å². The first-order chi connectivity index (χ1) is 50.7. The monoisotopic (exact) mass is 1490 g/mol. The van der Waals surface area contributed by atoms with Gasteiger partial charge in [-0.3, -0.25) is 37.3 Å². The van der Waals surface area contributed by atoms with Crippen LogP contribution in [0, 0.1) is 0 Å². The summed E-state index contributed by atoms with van der Waals surface area (Å²) >= 11 is 0. The number of esters is 4. The van der Waals surface area contributed by atoms with Crippen LogP contribution in [-0.2, 0) is 65.4 Å². The molecule has 3 N–H and O–H groups in total. The minimum atomic E-state index is -5.01. The fourth-order valence-electron chi connectivity index (χ4n) is 9.56. The van der Waals surface area contributed by atoms with Crippen molar-refractivity contribution in [2.75, 3.05) is 39.6 Å². The number of rotatable bonds is 71. The molecule has 5 unspecified atom stereocenters. The smallest absolute Gasteiger partial charge is 0.462 e. The number of ether oxygens (including phenoxy) is 4. The molecule has 0 saturated heterocycles. The first-order valence-corrected chi connectivity index (χ1v) is 42.0. The lowest BCUT2D eigenvalue weighted by atomic mass is 10.1. The quantitative estimate of drug-likeness (QED) is 0.0169. The topological polar surface area (TPSA) is 237 Å². The van der Waals surface area contributed by atoms with Crippen molar-refractivity contribution in [1.29, 1.82) is 0 Å². The minimum absolute atomic E-state index is 0.0260. The van der Waals surface area contributed by atoms with Gasteiger partial charge in [-0.25, -0.2) is 9.13 Å². The van der Waals surface area contributed by atoms with E-state index in [0.717, 1.165) is 186 Å². The number of carbonyl (C=O) groups is 4. The second-order valence-corrected chi connectivity index (χ2v) is 28.0. The van der Waals surface area contributed by atoms with Crippen molar-refractivity contribution < 1.29 is 80.2 Å². The molecule has 0 rings (SSSR count). The lowest BCUT2D eigenvalue weighted by Gasteiger charge is -2.21. The molecule has 0 saturated carbocycles. The summed E-state index contributed by atoms with van der Waals surface area (Å²) in [5.74, 6) is -2.33. The van der Waals surface area contributed by atoms with E-state index in [4.69, 9.17) is 37.0 Å². The lowest BCUT2D eigenvalue weighted by Crippen LogP contribution is -2.30. The molecule has 0 aromatic heterocycles. The zero-order valence-corrected chi connectivity index (χ0v) is 65.9. The molecule has 588 valence electrons. The second kappa shape index (κ2) is 75.4. The van der Waals surface area contributed by atoms with Gasteiger partial charge in [-0.05, 0) is 173 Å². The van der Waals surface area contributed by atoms with Gasteiger partial charge in [0.05, 0.1) is 26.4 Å². The van der Waals surface area contributed by atoms with Gasteiger partial charge in [0.2, 0.25) is 0 Å². The summed E-state index contributed by atoms with van der Waals surface area (Å²) < 4.78 is 68.5. The number of phosphoric ester groups is 2. The summed E-state index contributed by atoms with van der Waals surface area (Å²) in [7, 11) is -10.0.